The van der Waals surface area contributed by atoms with E-state index in [4.69, 9.17) is 0 Å². The van der Waals surface area contributed by atoms with Crippen molar-refractivity contribution >= 4 is 51.1 Å². The van der Waals surface area contributed by atoms with Crippen molar-refractivity contribution in [1.82, 2.24) is 0 Å². The summed E-state index contributed by atoms with van der Waals surface area (Å²) in [5.74, 6) is 0. The summed E-state index contributed by atoms with van der Waals surface area (Å²) in [6.45, 7) is 0.309. The van der Waals surface area contributed by atoms with E-state index in [2.05, 4.69) is 212 Å². The lowest BCUT2D eigenvalue weighted by Gasteiger charge is -2.44. The molecule has 0 aliphatic heterocycles. The largest absolute Gasteiger partial charge is 1.00 e. The molecule has 0 nitrogen and oxygen atoms in total. The van der Waals surface area contributed by atoms with Gasteiger partial charge in [0.2, 0.25) is 6.71 Å². The third-order valence-corrected chi connectivity index (χ3v) is 9.26. The zero-order chi connectivity index (χ0) is 34.1. The first-order valence-corrected chi connectivity index (χ1v) is 17.4. The van der Waals surface area contributed by atoms with E-state index in [0.717, 1.165) is 0 Å². The third-order valence-electron chi connectivity index (χ3n) is 9.26. The highest BCUT2D eigenvalue weighted by Crippen LogP contribution is 2.09. The van der Waals surface area contributed by atoms with E-state index in [1.165, 1.54) is 38.2 Å². The molecule has 0 heterocycles. The Balaban J connectivity index is 0.000000171. The molecular formula is C48H42B2. The summed E-state index contributed by atoms with van der Waals surface area (Å²) in [4.78, 5) is 0. The summed E-state index contributed by atoms with van der Waals surface area (Å²) in [6, 6.07) is 87.6. The zero-order valence-electron chi connectivity index (χ0n) is 29.3. The van der Waals surface area contributed by atoms with Gasteiger partial charge in [0.15, 0.2) is 0 Å². The molecule has 50 heavy (non-hydrogen) atoms. The van der Waals surface area contributed by atoms with Gasteiger partial charge in [0.05, 0.1) is 0 Å². The van der Waals surface area contributed by atoms with Crippen LogP contribution in [0.5, 0.6) is 0 Å². The first-order chi connectivity index (χ1) is 24.9. The molecule has 8 aromatic carbocycles. The molecule has 0 aliphatic carbocycles. The fourth-order valence-electron chi connectivity index (χ4n) is 7.02. The van der Waals surface area contributed by atoms with Crippen LogP contribution in [-0.2, 0) is 0 Å². The van der Waals surface area contributed by atoms with Gasteiger partial charge in [0.1, 0.15) is 6.15 Å². The van der Waals surface area contributed by atoms with E-state index < -0.39 is 6.15 Å². The Morgan fingerprint density at radius 1 is 0.220 bits per heavy atom. The molecule has 0 N–H and O–H groups in total. The lowest BCUT2D eigenvalue weighted by Crippen LogP contribution is -2.74. The van der Waals surface area contributed by atoms with Crippen molar-refractivity contribution in [3.8, 4) is 0 Å². The van der Waals surface area contributed by atoms with Crippen molar-refractivity contribution in [3.63, 3.8) is 0 Å². The maximum absolute atomic E-state index is 2.26. The molecule has 0 unspecified atom stereocenters. The number of benzene rings is 8. The third kappa shape index (κ3) is 8.29. The van der Waals surface area contributed by atoms with Crippen LogP contribution in [0.3, 0.4) is 0 Å². The van der Waals surface area contributed by atoms with Gasteiger partial charge in [-0.15, -0.1) is 0 Å². The van der Waals surface area contributed by atoms with Gasteiger partial charge in [-0.25, -0.2) is 0 Å². The Labute approximate surface area is 300 Å². The van der Waals surface area contributed by atoms with Gasteiger partial charge in [-0.1, -0.05) is 265 Å². The van der Waals surface area contributed by atoms with Crippen molar-refractivity contribution in [3.05, 3.63) is 249 Å². The minimum atomic E-state index is -1.22. The molecule has 0 amide bonds. The maximum atomic E-state index is 2.26. The van der Waals surface area contributed by atoms with Gasteiger partial charge in [0, 0.05) is 0 Å². The molecule has 0 spiro atoms. The summed E-state index contributed by atoms with van der Waals surface area (Å²) >= 11 is 0. The standard InChI is InChI=1S/C24H20B.C18H15B.C6H6/c1-5-13-21(14-6-1)25(22-15-7-2-8-16-22,23-17-9-3-10-18-23)24-19-11-4-12-20-24;1-4-10-16(11-5-1)19(17-12-6-2-7-13-17)18-14-8-3-9-15-18;1-2-4-6-5-3-1/h1-20H;1-15H;1-6H/q-1;;/p+1. The highest BCUT2D eigenvalue weighted by molar-refractivity contribution is 7.19. The van der Waals surface area contributed by atoms with Gasteiger partial charge in [-0.05, 0) is 0 Å². The van der Waals surface area contributed by atoms with Gasteiger partial charge in [-0.3, -0.25) is 0 Å². The Bertz CT molecular complexity index is 1780. The van der Waals surface area contributed by atoms with Gasteiger partial charge >= 0.3 is 1.43 Å². The Hall–Kier alpha value is -6.11. The minimum Gasteiger partial charge on any atom is -0.195 e. The molecule has 0 fully saturated rings. The lowest BCUT2D eigenvalue weighted by atomic mass is 9.13. The van der Waals surface area contributed by atoms with Crippen molar-refractivity contribution in [1.29, 1.82) is 0 Å². The molecule has 8 rings (SSSR count). The molecule has 0 aliphatic rings. The topological polar surface area (TPSA) is 0 Å². The number of hydrogen-bond acceptors (Lipinski definition) is 0. The first kappa shape index (κ1) is 33.8. The fourth-order valence-corrected chi connectivity index (χ4v) is 7.02. The second kappa shape index (κ2) is 17.9. The summed E-state index contributed by atoms with van der Waals surface area (Å²) in [5, 5.41) is 0. The predicted molar refractivity (Wildman–Crippen MR) is 222 cm³/mol. The van der Waals surface area contributed by atoms with Crippen LogP contribution in [0.2, 0.25) is 0 Å². The summed E-state index contributed by atoms with van der Waals surface area (Å²) in [5.41, 5.74) is 9.36. The van der Waals surface area contributed by atoms with E-state index in [0.29, 0.717) is 6.71 Å². The quantitative estimate of drug-likeness (QED) is 0.164. The molecule has 2 heteroatoms. The molecule has 0 saturated heterocycles. The predicted octanol–water partition coefficient (Wildman–Crippen LogP) is 7.07. The number of hydrogen-bond donors (Lipinski definition) is 0. The minimum absolute atomic E-state index is 0. The van der Waals surface area contributed by atoms with Crippen LogP contribution >= 0.6 is 0 Å². The first-order valence-electron chi connectivity index (χ1n) is 17.4. The molecule has 0 atom stereocenters. The molecule has 8 aromatic rings. The second-order valence-corrected chi connectivity index (χ2v) is 12.3. The second-order valence-electron chi connectivity index (χ2n) is 12.3. The monoisotopic (exact) mass is 640 g/mol. The van der Waals surface area contributed by atoms with Gasteiger partial charge in [0.25, 0.3) is 0 Å². The van der Waals surface area contributed by atoms with Crippen molar-refractivity contribution in [2.45, 2.75) is 0 Å². The highest BCUT2D eigenvalue weighted by atomic mass is 14.1. The molecule has 0 bridgehead atoms. The van der Waals surface area contributed by atoms with E-state index in [9.17, 15) is 0 Å². The molecule has 240 valence electrons. The molecule has 0 saturated carbocycles. The van der Waals surface area contributed by atoms with Crippen molar-refractivity contribution < 1.29 is 1.43 Å². The summed E-state index contributed by atoms with van der Waals surface area (Å²) in [7, 11) is 0. The van der Waals surface area contributed by atoms with E-state index >= 15 is 0 Å². The zero-order valence-corrected chi connectivity index (χ0v) is 28.3. The SMILES string of the molecule is [H+].c1ccc(B(c2ccccc2)c2ccccc2)cc1.c1ccc([B-](c2ccccc2)(c2ccccc2)c2ccccc2)cc1.c1ccccc1. The van der Waals surface area contributed by atoms with Crippen LogP contribution in [0.1, 0.15) is 1.43 Å². The highest BCUT2D eigenvalue weighted by Gasteiger charge is 2.31. The average Bonchev–Trinajstić information content (AvgIpc) is 3.22. The summed E-state index contributed by atoms with van der Waals surface area (Å²) < 4.78 is 0. The summed E-state index contributed by atoms with van der Waals surface area (Å²) in [6.07, 6.45) is -1.22. The van der Waals surface area contributed by atoms with Crippen LogP contribution < -0.4 is 38.2 Å². The van der Waals surface area contributed by atoms with E-state index in [-0.39, 0.29) is 1.43 Å². The molecular weight excluding hydrogens is 598 g/mol. The van der Waals surface area contributed by atoms with Crippen LogP contribution in [0.4, 0.5) is 0 Å². The fraction of sp³-hybridized carbons (Fsp3) is 0. The van der Waals surface area contributed by atoms with Gasteiger partial charge in [-0.2, -0.15) is 21.9 Å². The van der Waals surface area contributed by atoms with Crippen molar-refractivity contribution in [2.24, 2.45) is 0 Å². The van der Waals surface area contributed by atoms with Gasteiger partial charge < -0.3 is 0 Å². The smallest absolute Gasteiger partial charge is 0.195 e. The lowest BCUT2D eigenvalue weighted by molar-refractivity contribution is 1.66. The number of rotatable bonds is 7. The molecule has 0 aromatic heterocycles. The van der Waals surface area contributed by atoms with Crippen LogP contribution in [0, 0.1) is 0 Å². The van der Waals surface area contributed by atoms with Crippen LogP contribution in [0.25, 0.3) is 0 Å². The normalized spacial score (nSPS) is 10.4. The van der Waals surface area contributed by atoms with Crippen LogP contribution in [0.15, 0.2) is 249 Å². The Morgan fingerprint density at radius 3 is 0.580 bits per heavy atom. The Morgan fingerprint density at radius 2 is 0.380 bits per heavy atom. The average molecular weight is 640 g/mol. The molecule has 0 radical (unpaired) electrons. The van der Waals surface area contributed by atoms with Crippen molar-refractivity contribution in [2.75, 3.05) is 0 Å². The van der Waals surface area contributed by atoms with E-state index in [1.807, 2.05) is 36.4 Å². The Kier molecular flexibility index (Phi) is 12.1. The van der Waals surface area contributed by atoms with E-state index in [1.54, 1.807) is 0 Å². The van der Waals surface area contributed by atoms with Crippen LogP contribution in [-0.4, -0.2) is 12.9 Å². The maximum Gasteiger partial charge on any atom is 1.00 e.